The van der Waals surface area contributed by atoms with E-state index in [2.05, 4.69) is 0 Å². The van der Waals surface area contributed by atoms with Crippen LogP contribution in [0.3, 0.4) is 0 Å². The Morgan fingerprint density at radius 1 is 1.20 bits per heavy atom. The maximum Gasteiger partial charge on any atom is 0.217 e. The van der Waals surface area contributed by atoms with Gasteiger partial charge in [-0.15, -0.1) is 11.6 Å². The third-order valence-corrected chi connectivity index (χ3v) is 5.76. The zero-order valence-corrected chi connectivity index (χ0v) is 10.1. The smallest absolute Gasteiger partial charge is 0.217 e. The first kappa shape index (κ1) is 11.6. The monoisotopic (exact) mass is 253 g/mol. The SMILES string of the molecule is O=S(=O)(C1CCOCC1)N1CCC(Cl)C1. The van der Waals surface area contributed by atoms with E-state index in [1.807, 2.05) is 0 Å². The molecule has 0 amide bonds. The summed E-state index contributed by atoms with van der Waals surface area (Å²) >= 11 is 5.92. The van der Waals surface area contributed by atoms with Gasteiger partial charge in [0.25, 0.3) is 0 Å². The molecule has 0 aromatic heterocycles. The van der Waals surface area contributed by atoms with E-state index in [4.69, 9.17) is 16.3 Å². The van der Waals surface area contributed by atoms with Crippen LogP contribution in [0.25, 0.3) is 0 Å². The third kappa shape index (κ3) is 2.46. The Labute approximate surface area is 95.6 Å². The normalized spacial score (nSPS) is 30.9. The molecule has 0 aliphatic carbocycles. The second-order valence-corrected chi connectivity index (χ2v) is 6.93. The summed E-state index contributed by atoms with van der Waals surface area (Å²) in [4.78, 5) is 0. The van der Waals surface area contributed by atoms with Crippen LogP contribution < -0.4 is 0 Å². The van der Waals surface area contributed by atoms with Gasteiger partial charge in [-0.25, -0.2) is 12.7 Å². The molecule has 0 aromatic carbocycles. The topological polar surface area (TPSA) is 46.6 Å². The number of rotatable bonds is 2. The lowest BCUT2D eigenvalue weighted by Gasteiger charge is -2.26. The van der Waals surface area contributed by atoms with E-state index >= 15 is 0 Å². The van der Waals surface area contributed by atoms with Crippen LogP contribution in [0.4, 0.5) is 0 Å². The third-order valence-electron chi connectivity index (χ3n) is 3.04. The molecule has 0 radical (unpaired) electrons. The molecule has 2 aliphatic heterocycles. The molecule has 2 rings (SSSR count). The van der Waals surface area contributed by atoms with Crippen LogP contribution in [0.5, 0.6) is 0 Å². The van der Waals surface area contributed by atoms with Crippen molar-refractivity contribution in [1.82, 2.24) is 4.31 Å². The number of hydrogen-bond donors (Lipinski definition) is 0. The molecule has 0 saturated carbocycles. The zero-order chi connectivity index (χ0) is 10.9. The average Bonchev–Trinajstić information content (AvgIpc) is 2.67. The van der Waals surface area contributed by atoms with Crippen LogP contribution in [-0.2, 0) is 14.8 Å². The van der Waals surface area contributed by atoms with Crippen molar-refractivity contribution in [1.29, 1.82) is 0 Å². The highest BCUT2D eigenvalue weighted by Crippen LogP contribution is 2.25. The first-order valence-corrected chi connectivity index (χ1v) is 7.25. The van der Waals surface area contributed by atoms with Crippen molar-refractivity contribution in [2.24, 2.45) is 0 Å². The standard InChI is InChI=1S/C9H16ClNO3S/c10-8-1-4-11(7-8)15(12,13)9-2-5-14-6-3-9/h8-9H,1-7H2. The zero-order valence-electron chi connectivity index (χ0n) is 8.56. The van der Waals surface area contributed by atoms with Crippen LogP contribution >= 0.6 is 11.6 Å². The van der Waals surface area contributed by atoms with Crippen molar-refractivity contribution in [3.63, 3.8) is 0 Å². The van der Waals surface area contributed by atoms with Gasteiger partial charge >= 0.3 is 0 Å². The van der Waals surface area contributed by atoms with Gasteiger partial charge in [0.1, 0.15) is 0 Å². The molecular weight excluding hydrogens is 238 g/mol. The number of sulfonamides is 1. The lowest BCUT2D eigenvalue weighted by molar-refractivity contribution is 0.0974. The van der Waals surface area contributed by atoms with Crippen molar-refractivity contribution in [2.75, 3.05) is 26.3 Å². The van der Waals surface area contributed by atoms with E-state index in [0.29, 0.717) is 39.1 Å². The summed E-state index contributed by atoms with van der Waals surface area (Å²) in [5.74, 6) is 0. The van der Waals surface area contributed by atoms with Crippen LogP contribution in [0.1, 0.15) is 19.3 Å². The van der Waals surface area contributed by atoms with Crippen LogP contribution in [-0.4, -0.2) is 49.7 Å². The second kappa shape index (κ2) is 4.57. The van der Waals surface area contributed by atoms with Gasteiger partial charge < -0.3 is 4.74 Å². The van der Waals surface area contributed by atoms with Gasteiger partial charge in [0.05, 0.1) is 5.25 Å². The first-order chi connectivity index (χ1) is 7.10. The minimum Gasteiger partial charge on any atom is -0.381 e. The Hall–Kier alpha value is 0.160. The molecule has 4 nitrogen and oxygen atoms in total. The molecule has 0 N–H and O–H groups in total. The molecule has 1 unspecified atom stereocenters. The summed E-state index contributed by atoms with van der Waals surface area (Å²) in [5, 5.41) is -0.271. The number of ether oxygens (including phenoxy) is 1. The highest BCUT2D eigenvalue weighted by atomic mass is 35.5. The van der Waals surface area contributed by atoms with Gasteiger partial charge in [-0.2, -0.15) is 0 Å². The summed E-state index contributed by atoms with van der Waals surface area (Å²) in [5.41, 5.74) is 0. The Morgan fingerprint density at radius 2 is 1.87 bits per heavy atom. The number of hydrogen-bond acceptors (Lipinski definition) is 3. The van der Waals surface area contributed by atoms with Gasteiger partial charge in [-0.3, -0.25) is 0 Å². The highest BCUT2D eigenvalue weighted by Gasteiger charge is 2.36. The average molecular weight is 254 g/mol. The van der Waals surface area contributed by atoms with Gasteiger partial charge in [0.15, 0.2) is 0 Å². The van der Waals surface area contributed by atoms with E-state index in [1.165, 1.54) is 0 Å². The van der Waals surface area contributed by atoms with Crippen LogP contribution in [0.15, 0.2) is 0 Å². The fraction of sp³-hybridized carbons (Fsp3) is 1.00. The van der Waals surface area contributed by atoms with Crippen molar-refractivity contribution in [3.05, 3.63) is 0 Å². The van der Waals surface area contributed by atoms with E-state index in [9.17, 15) is 8.42 Å². The lowest BCUT2D eigenvalue weighted by Crippen LogP contribution is -2.40. The van der Waals surface area contributed by atoms with Crippen LogP contribution in [0.2, 0.25) is 0 Å². The number of halogens is 1. The fourth-order valence-corrected chi connectivity index (χ4v) is 4.41. The van der Waals surface area contributed by atoms with Gasteiger partial charge in [0.2, 0.25) is 10.0 Å². The molecule has 0 aromatic rings. The summed E-state index contributed by atoms with van der Waals surface area (Å²) in [6, 6.07) is 0. The van der Waals surface area contributed by atoms with Gasteiger partial charge in [0, 0.05) is 31.7 Å². The van der Waals surface area contributed by atoms with E-state index in [1.54, 1.807) is 4.31 Å². The van der Waals surface area contributed by atoms with E-state index < -0.39 is 10.0 Å². The molecule has 2 saturated heterocycles. The number of alkyl halides is 1. The number of nitrogens with zero attached hydrogens (tertiary/aromatic N) is 1. The van der Waals surface area contributed by atoms with Crippen LogP contribution in [0, 0.1) is 0 Å². The fourth-order valence-electron chi connectivity index (χ4n) is 2.10. The quantitative estimate of drug-likeness (QED) is 0.685. The Bertz CT molecular complexity index is 303. The molecule has 0 bridgehead atoms. The van der Waals surface area contributed by atoms with Crippen molar-refractivity contribution in [2.45, 2.75) is 29.9 Å². The summed E-state index contributed by atoms with van der Waals surface area (Å²) in [7, 11) is -3.13. The molecular formula is C9H16ClNO3S. The minimum atomic E-state index is -3.13. The molecule has 0 spiro atoms. The molecule has 6 heteroatoms. The molecule has 15 heavy (non-hydrogen) atoms. The molecule has 2 fully saturated rings. The van der Waals surface area contributed by atoms with Crippen molar-refractivity contribution >= 4 is 21.6 Å². The molecule has 2 heterocycles. The Balaban J connectivity index is 2.05. The maximum atomic E-state index is 12.1. The molecule has 88 valence electrons. The van der Waals surface area contributed by atoms with Gasteiger partial charge in [-0.1, -0.05) is 0 Å². The Morgan fingerprint density at radius 3 is 2.40 bits per heavy atom. The van der Waals surface area contributed by atoms with E-state index in [0.717, 1.165) is 6.42 Å². The Kier molecular flexibility index (Phi) is 3.55. The second-order valence-electron chi connectivity index (χ2n) is 4.10. The lowest BCUT2D eigenvalue weighted by atomic mass is 10.2. The predicted molar refractivity (Wildman–Crippen MR) is 58.6 cm³/mol. The van der Waals surface area contributed by atoms with Crippen molar-refractivity contribution in [3.8, 4) is 0 Å². The molecule has 2 aliphatic rings. The first-order valence-electron chi connectivity index (χ1n) is 5.31. The highest BCUT2D eigenvalue weighted by molar-refractivity contribution is 7.89. The molecule has 1 atom stereocenters. The summed E-state index contributed by atoms with van der Waals surface area (Å²) in [6.07, 6.45) is 2.00. The van der Waals surface area contributed by atoms with E-state index in [-0.39, 0.29) is 10.6 Å². The summed E-state index contributed by atoms with van der Waals surface area (Å²) in [6.45, 7) is 2.17. The maximum absolute atomic E-state index is 12.1. The predicted octanol–water partition coefficient (Wildman–Crippen LogP) is 0.808. The largest absolute Gasteiger partial charge is 0.381 e. The van der Waals surface area contributed by atoms with Crippen molar-refractivity contribution < 1.29 is 13.2 Å². The summed E-state index contributed by atoms with van der Waals surface area (Å²) < 4.78 is 31.0. The van der Waals surface area contributed by atoms with Gasteiger partial charge in [-0.05, 0) is 19.3 Å². The minimum absolute atomic E-state index is 0.0142.